The molecule has 0 bridgehead atoms. The third kappa shape index (κ3) is 4.16. The molecule has 0 unspecified atom stereocenters. The summed E-state index contributed by atoms with van der Waals surface area (Å²) >= 11 is 0. The molecule has 0 saturated heterocycles. The number of nitrogens with zero attached hydrogens (tertiary/aromatic N) is 4. The summed E-state index contributed by atoms with van der Waals surface area (Å²) in [6, 6.07) is 19.5. The van der Waals surface area contributed by atoms with Gasteiger partial charge in [0.15, 0.2) is 0 Å². The van der Waals surface area contributed by atoms with Crippen LogP contribution in [0.25, 0.3) is 33.2 Å². The third-order valence-corrected chi connectivity index (χ3v) is 5.32. The summed E-state index contributed by atoms with van der Waals surface area (Å²) in [6.07, 6.45) is 6.80. The summed E-state index contributed by atoms with van der Waals surface area (Å²) < 4.78 is 13.5. The standard InChI is InChI=1S/C26H20FN5/c1-17-12-20(6-9-28-17)19-4-2-18(3-5-19)15-32-26-23-16-31-24(13-21(23)7-11-30-26)22-8-10-29-25(27)14-22/h2-14,16H,15H2,1H3,(H,30,32). The predicted molar refractivity (Wildman–Crippen MR) is 124 cm³/mol. The predicted octanol–water partition coefficient (Wildman–Crippen LogP) is 5.81. The monoisotopic (exact) mass is 421 g/mol. The number of pyridine rings is 4. The minimum Gasteiger partial charge on any atom is -0.365 e. The number of anilines is 1. The van der Waals surface area contributed by atoms with Gasteiger partial charge in [-0.15, -0.1) is 0 Å². The van der Waals surface area contributed by atoms with Gasteiger partial charge in [-0.1, -0.05) is 24.3 Å². The highest BCUT2D eigenvalue weighted by atomic mass is 19.1. The van der Waals surface area contributed by atoms with Crippen LogP contribution in [-0.4, -0.2) is 19.9 Å². The molecule has 5 rings (SSSR count). The second-order valence-corrected chi connectivity index (χ2v) is 7.55. The zero-order chi connectivity index (χ0) is 21.9. The van der Waals surface area contributed by atoms with Crippen molar-refractivity contribution < 1.29 is 4.39 Å². The van der Waals surface area contributed by atoms with Crippen molar-refractivity contribution in [2.45, 2.75) is 13.5 Å². The number of hydrogen-bond acceptors (Lipinski definition) is 5. The second-order valence-electron chi connectivity index (χ2n) is 7.55. The van der Waals surface area contributed by atoms with Gasteiger partial charge < -0.3 is 5.32 Å². The smallest absolute Gasteiger partial charge is 0.213 e. The van der Waals surface area contributed by atoms with Gasteiger partial charge in [0.25, 0.3) is 0 Å². The van der Waals surface area contributed by atoms with Crippen LogP contribution in [0.5, 0.6) is 0 Å². The van der Waals surface area contributed by atoms with Gasteiger partial charge >= 0.3 is 0 Å². The Bertz CT molecular complexity index is 1400. The van der Waals surface area contributed by atoms with E-state index >= 15 is 0 Å². The normalized spacial score (nSPS) is 10.9. The largest absolute Gasteiger partial charge is 0.365 e. The van der Waals surface area contributed by atoms with Crippen LogP contribution in [0, 0.1) is 12.9 Å². The fraction of sp³-hybridized carbons (Fsp3) is 0.0769. The van der Waals surface area contributed by atoms with Crippen molar-refractivity contribution in [3.05, 3.63) is 103 Å². The average Bonchev–Trinajstić information content (AvgIpc) is 2.82. The zero-order valence-electron chi connectivity index (χ0n) is 17.5. The van der Waals surface area contributed by atoms with Crippen LogP contribution < -0.4 is 5.32 Å². The van der Waals surface area contributed by atoms with Gasteiger partial charge in [0.2, 0.25) is 5.95 Å². The molecule has 0 saturated carbocycles. The summed E-state index contributed by atoms with van der Waals surface area (Å²) in [5, 5.41) is 5.30. The lowest BCUT2D eigenvalue weighted by Crippen LogP contribution is -2.02. The molecule has 0 fully saturated rings. The van der Waals surface area contributed by atoms with E-state index in [-0.39, 0.29) is 0 Å². The fourth-order valence-corrected chi connectivity index (χ4v) is 3.65. The maximum absolute atomic E-state index is 13.5. The zero-order valence-corrected chi connectivity index (χ0v) is 17.5. The van der Waals surface area contributed by atoms with Crippen LogP contribution >= 0.6 is 0 Å². The average molecular weight is 421 g/mol. The van der Waals surface area contributed by atoms with E-state index in [0.29, 0.717) is 17.8 Å². The van der Waals surface area contributed by atoms with Gasteiger partial charge in [0.1, 0.15) is 5.82 Å². The maximum atomic E-state index is 13.5. The summed E-state index contributed by atoms with van der Waals surface area (Å²) in [5.41, 5.74) is 5.85. The Hall–Kier alpha value is -4.19. The quantitative estimate of drug-likeness (QED) is 0.363. The number of halogens is 1. The molecule has 0 aliphatic carbocycles. The van der Waals surface area contributed by atoms with Gasteiger partial charge in [0, 0.05) is 54.0 Å². The minimum atomic E-state index is -0.522. The van der Waals surface area contributed by atoms with E-state index in [9.17, 15) is 4.39 Å². The first-order valence-corrected chi connectivity index (χ1v) is 10.3. The van der Waals surface area contributed by atoms with Crippen LogP contribution in [-0.2, 0) is 6.54 Å². The van der Waals surface area contributed by atoms with E-state index in [4.69, 9.17) is 0 Å². The highest BCUT2D eigenvalue weighted by Crippen LogP contribution is 2.26. The molecule has 5 aromatic rings. The van der Waals surface area contributed by atoms with Gasteiger partial charge in [-0.25, -0.2) is 9.97 Å². The van der Waals surface area contributed by atoms with Crippen LogP contribution in [0.3, 0.4) is 0 Å². The molecule has 6 heteroatoms. The first kappa shape index (κ1) is 19.8. The molecular formula is C26H20FN5. The summed E-state index contributed by atoms with van der Waals surface area (Å²) in [7, 11) is 0. The van der Waals surface area contributed by atoms with Crippen LogP contribution in [0.4, 0.5) is 10.2 Å². The van der Waals surface area contributed by atoms with Crippen LogP contribution in [0.2, 0.25) is 0 Å². The minimum absolute atomic E-state index is 0.522. The van der Waals surface area contributed by atoms with E-state index < -0.39 is 5.95 Å². The fourth-order valence-electron chi connectivity index (χ4n) is 3.65. The van der Waals surface area contributed by atoms with Crippen molar-refractivity contribution in [3.63, 3.8) is 0 Å². The molecule has 0 aliphatic heterocycles. The lowest BCUT2D eigenvalue weighted by Gasteiger charge is -2.10. The maximum Gasteiger partial charge on any atom is 0.213 e. The topological polar surface area (TPSA) is 63.6 Å². The Labute approximate surface area is 185 Å². The van der Waals surface area contributed by atoms with Crippen molar-refractivity contribution in [1.82, 2.24) is 19.9 Å². The first-order chi connectivity index (χ1) is 15.7. The van der Waals surface area contributed by atoms with E-state index in [0.717, 1.165) is 39.0 Å². The third-order valence-electron chi connectivity index (χ3n) is 5.32. The molecule has 5 nitrogen and oxygen atoms in total. The molecule has 1 aromatic carbocycles. The number of nitrogens with one attached hydrogen (secondary N) is 1. The van der Waals surface area contributed by atoms with E-state index in [1.165, 1.54) is 12.3 Å². The molecule has 1 N–H and O–H groups in total. The summed E-state index contributed by atoms with van der Waals surface area (Å²) in [5.74, 6) is 0.239. The van der Waals surface area contributed by atoms with E-state index in [2.05, 4.69) is 55.6 Å². The molecule has 0 aliphatic rings. The van der Waals surface area contributed by atoms with E-state index in [1.807, 2.05) is 31.3 Å². The Morgan fingerprint density at radius 2 is 1.53 bits per heavy atom. The lowest BCUT2D eigenvalue weighted by molar-refractivity contribution is 0.584. The molecular weight excluding hydrogens is 401 g/mol. The van der Waals surface area contributed by atoms with Crippen molar-refractivity contribution in [1.29, 1.82) is 0 Å². The van der Waals surface area contributed by atoms with Gasteiger partial charge in [-0.05, 0) is 59.3 Å². The van der Waals surface area contributed by atoms with Gasteiger partial charge in [0.05, 0.1) is 5.69 Å². The Morgan fingerprint density at radius 3 is 2.34 bits per heavy atom. The molecule has 4 aromatic heterocycles. The molecule has 0 atom stereocenters. The molecule has 32 heavy (non-hydrogen) atoms. The van der Waals surface area contributed by atoms with Crippen LogP contribution in [0.15, 0.2) is 85.5 Å². The number of fused-ring (bicyclic) bond motifs is 1. The molecule has 156 valence electrons. The van der Waals surface area contributed by atoms with Gasteiger partial charge in [-0.3, -0.25) is 9.97 Å². The second kappa shape index (κ2) is 8.51. The van der Waals surface area contributed by atoms with Gasteiger partial charge in [-0.2, -0.15) is 4.39 Å². The molecule has 0 radical (unpaired) electrons. The Morgan fingerprint density at radius 1 is 0.750 bits per heavy atom. The first-order valence-electron chi connectivity index (χ1n) is 10.3. The Balaban J connectivity index is 1.35. The number of hydrogen-bond donors (Lipinski definition) is 1. The van der Waals surface area contributed by atoms with Crippen LogP contribution in [0.1, 0.15) is 11.3 Å². The van der Waals surface area contributed by atoms with Crippen molar-refractivity contribution in [2.75, 3.05) is 5.32 Å². The Kier molecular flexibility index (Phi) is 5.25. The summed E-state index contributed by atoms with van der Waals surface area (Å²) in [4.78, 5) is 16.9. The molecule has 0 spiro atoms. The molecule has 4 heterocycles. The van der Waals surface area contributed by atoms with E-state index in [1.54, 1.807) is 18.5 Å². The molecule has 0 amide bonds. The number of benzene rings is 1. The number of aryl methyl sites for hydroxylation is 1. The highest BCUT2D eigenvalue weighted by molar-refractivity contribution is 5.93. The SMILES string of the molecule is Cc1cc(-c2ccc(CNc3nccc4cc(-c5ccnc(F)c5)ncc34)cc2)ccn1. The summed E-state index contributed by atoms with van der Waals surface area (Å²) in [6.45, 7) is 2.63. The van der Waals surface area contributed by atoms with Crippen molar-refractivity contribution >= 4 is 16.6 Å². The lowest BCUT2D eigenvalue weighted by atomic mass is 10.0. The highest BCUT2D eigenvalue weighted by Gasteiger charge is 2.07. The number of rotatable bonds is 5. The number of aromatic nitrogens is 4. The van der Waals surface area contributed by atoms with Crippen molar-refractivity contribution in [2.24, 2.45) is 0 Å². The van der Waals surface area contributed by atoms with Crippen molar-refractivity contribution in [3.8, 4) is 22.4 Å².